The van der Waals surface area contributed by atoms with E-state index in [0.29, 0.717) is 19.8 Å². The van der Waals surface area contributed by atoms with Gasteiger partial charge in [0.05, 0.1) is 30.1 Å². The summed E-state index contributed by atoms with van der Waals surface area (Å²) in [4.78, 5) is 0. The van der Waals surface area contributed by atoms with Crippen molar-refractivity contribution >= 4 is 15.4 Å². The summed E-state index contributed by atoms with van der Waals surface area (Å²) in [5.41, 5.74) is 1.01. The molecule has 1 aromatic rings. The number of aryl methyl sites for hydroxylation is 1. The Morgan fingerprint density at radius 3 is 2.00 bits per heavy atom. The first-order chi connectivity index (χ1) is 8.15. The van der Waals surface area contributed by atoms with Gasteiger partial charge in [0, 0.05) is 5.19 Å². The Kier molecular flexibility index (Phi) is 5.35. The fourth-order valence-corrected chi connectivity index (χ4v) is 1.94. The van der Waals surface area contributed by atoms with Gasteiger partial charge in [-0.15, -0.1) is 0 Å². The van der Waals surface area contributed by atoms with Gasteiger partial charge >= 0.3 is 0 Å². The Labute approximate surface area is 106 Å². The molecule has 0 saturated heterocycles. The van der Waals surface area contributed by atoms with Crippen molar-refractivity contribution in [1.82, 2.24) is 0 Å². The van der Waals surface area contributed by atoms with Crippen LogP contribution >= 0.6 is 0 Å². The number of benzene rings is 1. The second-order valence-corrected chi connectivity index (χ2v) is 4.02. The third kappa shape index (κ3) is 3.16. The zero-order chi connectivity index (χ0) is 12.8. The molecule has 0 aliphatic rings. The monoisotopic (exact) mass is 251 g/mol. The lowest BCUT2D eigenvalue weighted by molar-refractivity contribution is 0.284. The molecule has 0 atom stereocenters. The average molecular weight is 251 g/mol. The third-order valence-corrected chi connectivity index (χ3v) is 2.74. The molecule has 0 unspecified atom stereocenters. The van der Waals surface area contributed by atoms with E-state index < -0.39 is 0 Å². The summed E-state index contributed by atoms with van der Waals surface area (Å²) in [6, 6.07) is 1.96. The van der Waals surface area contributed by atoms with Gasteiger partial charge in [0.2, 0.25) is 0 Å². The molecule has 0 aromatic heterocycles. The highest BCUT2D eigenvalue weighted by atomic mass is 28.1. The predicted octanol–water partition coefficient (Wildman–Crippen LogP) is 1.98. The molecule has 93 valence electrons. The molecule has 17 heavy (non-hydrogen) atoms. The number of hydrogen-bond acceptors (Lipinski definition) is 3. The third-order valence-electron chi connectivity index (χ3n) is 2.26. The van der Waals surface area contributed by atoms with E-state index in [2.05, 4.69) is 10.2 Å². The highest BCUT2D eigenvalue weighted by molar-refractivity contribution is 6.36. The molecular formula is C13H19O3Si. The van der Waals surface area contributed by atoms with Crippen LogP contribution in [0.3, 0.4) is 0 Å². The summed E-state index contributed by atoms with van der Waals surface area (Å²) in [5.74, 6) is 2.28. The first-order valence-electron chi connectivity index (χ1n) is 5.93. The molecule has 3 radical (unpaired) electrons. The second kappa shape index (κ2) is 6.54. The maximum Gasteiger partial charge on any atom is 0.164 e. The van der Waals surface area contributed by atoms with Crippen LogP contribution in [0.1, 0.15) is 26.3 Å². The maximum absolute atomic E-state index is 5.63. The highest BCUT2D eigenvalue weighted by Gasteiger charge is 2.16. The molecule has 0 fully saturated rings. The van der Waals surface area contributed by atoms with Gasteiger partial charge in [-0.2, -0.15) is 0 Å². The molecule has 0 N–H and O–H groups in total. The molecule has 0 bridgehead atoms. The highest BCUT2D eigenvalue weighted by Crippen LogP contribution is 2.33. The Bertz CT molecular complexity index is 377. The average Bonchev–Trinajstić information content (AvgIpc) is 2.30. The Hall–Kier alpha value is -1.16. The van der Waals surface area contributed by atoms with Crippen molar-refractivity contribution in [3.63, 3.8) is 0 Å². The van der Waals surface area contributed by atoms with Gasteiger partial charge in [-0.3, -0.25) is 0 Å². The van der Waals surface area contributed by atoms with Crippen LogP contribution in [0.5, 0.6) is 17.2 Å². The molecular weight excluding hydrogens is 232 g/mol. The molecule has 0 saturated carbocycles. The Balaban J connectivity index is 3.25. The van der Waals surface area contributed by atoms with Crippen LogP contribution in [0.25, 0.3) is 0 Å². The zero-order valence-corrected chi connectivity index (χ0v) is 11.9. The summed E-state index contributed by atoms with van der Waals surface area (Å²) in [5, 5.41) is 0.808. The van der Waals surface area contributed by atoms with Crippen LogP contribution in [-0.2, 0) is 0 Å². The fourth-order valence-electron chi connectivity index (χ4n) is 1.61. The molecule has 3 nitrogen and oxygen atoms in total. The van der Waals surface area contributed by atoms with Gasteiger partial charge in [0.15, 0.2) is 11.5 Å². The van der Waals surface area contributed by atoms with Gasteiger partial charge in [0.1, 0.15) is 5.75 Å². The number of rotatable bonds is 6. The van der Waals surface area contributed by atoms with E-state index in [1.807, 2.05) is 33.8 Å². The fraction of sp³-hybridized carbons (Fsp3) is 0.538. The van der Waals surface area contributed by atoms with Crippen LogP contribution in [0, 0.1) is 6.92 Å². The molecule has 0 heterocycles. The van der Waals surface area contributed by atoms with Crippen LogP contribution < -0.4 is 19.4 Å². The van der Waals surface area contributed by atoms with Gasteiger partial charge in [-0.1, -0.05) is 0 Å². The maximum atomic E-state index is 5.63. The number of ether oxygens (including phenoxy) is 3. The van der Waals surface area contributed by atoms with Crippen molar-refractivity contribution in [3.05, 3.63) is 11.6 Å². The number of hydrogen-bond donors (Lipinski definition) is 0. The smallest absolute Gasteiger partial charge is 0.164 e. The first kappa shape index (κ1) is 13.9. The van der Waals surface area contributed by atoms with Crippen LogP contribution in [0.2, 0.25) is 0 Å². The van der Waals surface area contributed by atoms with Crippen molar-refractivity contribution in [2.45, 2.75) is 27.7 Å². The molecule has 0 aliphatic carbocycles. The van der Waals surface area contributed by atoms with E-state index in [1.165, 1.54) is 0 Å². The molecule has 0 aliphatic heterocycles. The van der Waals surface area contributed by atoms with Crippen LogP contribution in [0.15, 0.2) is 6.07 Å². The normalized spacial score (nSPS) is 10.2. The molecule has 4 heteroatoms. The lowest BCUT2D eigenvalue weighted by atomic mass is 10.2. The lowest BCUT2D eigenvalue weighted by Crippen LogP contribution is -2.16. The molecule has 0 amide bonds. The summed E-state index contributed by atoms with van der Waals surface area (Å²) >= 11 is 0. The van der Waals surface area contributed by atoms with E-state index in [-0.39, 0.29) is 0 Å². The van der Waals surface area contributed by atoms with Crippen LogP contribution in [-0.4, -0.2) is 30.1 Å². The SMILES string of the molecule is CCOc1cc(C)c(OCC)c(OCC)c1[Si]. The van der Waals surface area contributed by atoms with E-state index in [1.54, 1.807) is 0 Å². The summed E-state index contributed by atoms with van der Waals surface area (Å²) in [6.45, 7) is 9.67. The topological polar surface area (TPSA) is 27.7 Å². The van der Waals surface area contributed by atoms with Gasteiger partial charge in [-0.05, 0) is 39.3 Å². The van der Waals surface area contributed by atoms with Gasteiger partial charge < -0.3 is 14.2 Å². The van der Waals surface area contributed by atoms with Crippen molar-refractivity contribution in [2.75, 3.05) is 19.8 Å². The summed E-state index contributed by atoms with van der Waals surface area (Å²) < 4.78 is 16.8. The lowest BCUT2D eigenvalue weighted by Gasteiger charge is -2.18. The Morgan fingerprint density at radius 1 is 0.941 bits per heavy atom. The predicted molar refractivity (Wildman–Crippen MR) is 70.1 cm³/mol. The van der Waals surface area contributed by atoms with Gasteiger partial charge in [-0.25, -0.2) is 0 Å². The standard InChI is InChI=1S/C13H19O3Si/c1-5-14-10-8-9(4)11(15-6-2)12(13(10)17)16-7-3/h8H,5-7H2,1-4H3. The minimum Gasteiger partial charge on any atom is -0.494 e. The summed E-state index contributed by atoms with van der Waals surface area (Å²) in [6.07, 6.45) is 0. The van der Waals surface area contributed by atoms with E-state index >= 15 is 0 Å². The molecule has 0 spiro atoms. The van der Waals surface area contributed by atoms with Crippen molar-refractivity contribution in [3.8, 4) is 17.2 Å². The van der Waals surface area contributed by atoms with E-state index in [4.69, 9.17) is 14.2 Å². The molecule has 1 aromatic carbocycles. The van der Waals surface area contributed by atoms with Crippen molar-refractivity contribution in [1.29, 1.82) is 0 Å². The minimum absolute atomic E-state index is 0.590. The summed E-state index contributed by atoms with van der Waals surface area (Å²) in [7, 11) is 3.56. The first-order valence-corrected chi connectivity index (χ1v) is 6.43. The van der Waals surface area contributed by atoms with E-state index in [9.17, 15) is 0 Å². The van der Waals surface area contributed by atoms with Crippen molar-refractivity contribution in [2.24, 2.45) is 0 Å². The van der Waals surface area contributed by atoms with Crippen molar-refractivity contribution < 1.29 is 14.2 Å². The quantitative estimate of drug-likeness (QED) is 0.724. The second-order valence-electron chi connectivity index (χ2n) is 3.52. The largest absolute Gasteiger partial charge is 0.494 e. The van der Waals surface area contributed by atoms with E-state index in [0.717, 1.165) is 28.0 Å². The van der Waals surface area contributed by atoms with Crippen LogP contribution in [0.4, 0.5) is 0 Å². The zero-order valence-electron chi connectivity index (χ0n) is 10.9. The molecule has 1 rings (SSSR count). The minimum atomic E-state index is 0.590. The van der Waals surface area contributed by atoms with Gasteiger partial charge in [0.25, 0.3) is 0 Å². The Morgan fingerprint density at radius 2 is 1.47 bits per heavy atom.